The molecule has 0 saturated heterocycles. The minimum atomic E-state index is -0.514. The molecule has 3 N–H and O–H groups in total. The van der Waals surface area contributed by atoms with E-state index in [2.05, 4.69) is 0 Å². The van der Waals surface area contributed by atoms with Crippen molar-refractivity contribution >= 4 is 5.78 Å². The Morgan fingerprint density at radius 2 is 1.67 bits per heavy atom. The molecular weight excluding hydrogens is 308 g/mol. The summed E-state index contributed by atoms with van der Waals surface area (Å²) in [6, 6.07) is 12.3. The highest BCUT2D eigenvalue weighted by Crippen LogP contribution is 2.50. The maximum Gasteiger partial charge on any atom is 0.223 e. The summed E-state index contributed by atoms with van der Waals surface area (Å²) in [5.41, 5.74) is 1.62. The molecule has 0 saturated carbocycles. The summed E-state index contributed by atoms with van der Waals surface area (Å²) in [4.78, 5) is 11.8. The van der Waals surface area contributed by atoms with Crippen LogP contribution in [0.4, 0.5) is 0 Å². The highest BCUT2D eigenvalue weighted by atomic mass is 16.5. The van der Waals surface area contributed by atoms with Gasteiger partial charge in [-0.25, -0.2) is 0 Å². The van der Waals surface area contributed by atoms with E-state index in [0.29, 0.717) is 17.1 Å². The standard InChI is InChI=1S/C19H14O5/c20-13-6-11-17(8-15(13)22)24-18-9-16(23)14(21)7-12(18)19(11)10-4-2-1-3-5-10/h1-9,11,19-21,23H. The summed E-state index contributed by atoms with van der Waals surface area (Å²) in [7, 11) is 0. The van der Waals surface area contributed by atoms with Gasteiger partial charge in [-0.15, -0.1) is 0 Å². The predicted molar refractivity (Wildman–Crippen MR) is 86.0 cm³/mol. The molecule has 5 heteroatoms. The van der Waals surface area contributed by atoms with Gasteiger partial charge in [-0.05, 0) is 17.7 Å². The van der Waals surface area contributed by atoms with Crippen molar-refractivity contribution in [2.24, 2.45) is 5.92 Å². The molecule has 0 aromatic heterocycles. The summed E-state index contributed by atoms with van der Waals surface area (Å²) in [6.07, 6.45) is 2.74. The maximum atomic E-state index is 11.8. The molecule has 2 aromatic rings. The fraction of sp³-hybridized carbons (Fsp3) is 0.105. The molecule has 4 rings (SSSR count). The van der Waals surface area contributed by atoms with Crippen molar-refractivity contribution in [2.75, 3.05) is 0 Å². The smallest absolute Gasteiger partial charge is 0.223 e. The van der Waals surface area contributed by atoms with Gasteiger partial charge in [-0.3, -0.25) is 4.79 Å². The van der Waals surface area contributed by atoms with Gasteiger partial charge in [0.05, 0.1) is 5.92 Å². The van der Waals surface area contributed by atoms with Gasteiger partial charge in [0, 0.05) is 23.6 Å². The van der Waals surface area contributed by atoms with E-state index < -0.39 is 5.78 Å². The molecule has 2 unspecified atom stereocenters. The van der Waals surface area contributed by atoms with Crippen molar-refractivity contribution in [1.82, 2.24) is 0 Å². The molecule has 2 aliphatic rings. The average molecular weight is 322 g/mol. The number of allylic oxidation sites excluding steroid dienone is 2. The number of fused-ring (bicyclic) bond motifs is 2. The molecule has 120 valence electrons. The number of aromatic hydroxyl groups is 2. The second kappa shape index (κ2) is 5.16. The molecular formula is C19H14O5. The number of rotatable bonds is 1. The van der Waals surface area contributed by atoms with Crippen LogP contribution in [0.1, 0.15) is 17.0 Å². The third-order valence-corrected chi connectivity index (χ3v) is 4.38. The first-order valence-electron chi connectivity index (χ1n) is 7.50. The van der Waals surface area contributed by atoms with E-state index in [4.69, 9.17) is 4.74 Å². The molecule has 1 aliphatic heterocycles. The van der Waals surface area contributed by atoms with E-state index in [1.54, 1.807) is 0 Å². The Morgan fingerprint density at radius 1 is 0.958 bits per heavy atom. The van der Waals surface area contributed by atoms with Gasteiger partial charge in [-0.2, -0.15) is 0 Å². The van der Waals surface area contributed by atoms with E-state index in [0.717, 1.165) is 5.56 Å². The van der Waals surface area contributed by atoms with Crippen molar-refractivity contribution in [3.63, 3.8) is 0 Å². The zero-order chi connectivity index (χ0) is 16.8. The normalized spacial score (nSPS) is 21.9. The van der Waals surface area contributed by atoms with Crippen LogP contribution >= 0.6 is 0 Å². The minimum Gasteiger partial charge on any atom is -0.504 e. The number of hydrogen-bond acceptors (Lipinski definition) is 5. The molecule has 0 amide bonds. The van der Waals surface area contributed by atoms with Crippen LogP contribution in [0.5, 0.6) is 17.2 Å². The van der Waals surface area contributed by atoms with Crippen molar-refractivity contribution in [3.05, 3.63) is 77.3 Å². The SMILES string of the molecule is O=C1C=C2Oc3cc(O)c(O)cc3C(c3ccccc3)C2C=C1O. The lowest BCUT2D eigenvalue weighted by atomic mass is 9.75. The molecule has 1 heterocycles. The topological polar surface area (TPSA) is 87.0 Å². The monoisotopic (exact) mass is 322 g/mol. The summed E-state index contributed by atoms with van der Waals surface area (Å²) in [5.74, 6) is -1.22. The Labute approximate surface area is 137 Å². The lowest BCUT2D eigenvalue weighted by Gasteiger charge is -2.35. The molecule has 0 fully saturated rings. The van der Waals surface area contributed by atoms with E-state index >= 15 is 0 Å². The molecule has 0 bridgehead atoms. The highest BCUT2D eigenvalue weighted by Gasteiger charge is 2.38. The van der Waals surface area contributed by atoms with Gasteiger partial charge in [-0.1, -0.05) is 30.3 Å². The molecule has 2 atom stereocenters. The van der Waals surface area contributed by atoms with Crippen LogP contribution in [0.2, 0.25) is 0 Å². The molecule has 0 spiro atoms. The second-order valence-electron chi connectivity index (χ2n) is 5.86. The number of aliphatic hydroxyl groups is 1. The first-order chi connectivity index (χ1) is 11.5. The minimum absolute atomic E-state index is 0.245. The van der Waals surface area contributed by atoms with Crippen molar-refractivity contribution in [3.8, 4) is 17.2 Å². The number of ether oxygens (including phenoxy) is 1. The Hall–Kier alpha value is -3.21. The summed E-state index contributed by atoms with van der Waals surface area (Å²) in [6.45, 7) is 0. The average Bonchev–Trinajstić information content (AvgIpc) is 2.57. The third kappa shape index (κ3) is 2.13. The lowest BCUT2D eigenvalue weighted by Crippen LogP contribution is -2.28. The van der Waals surface area contributed by atoms with E-state index in [9.17, 15) is 20.1 Å². The van der Waals surface area contributed by atoms with Crippen LogP contribution in [-0.4, -0.2) is 21.1 Å². The van der Waals surface area contributed by atoms with Crippen LogP contribution in [0.3, 0.4) is 0 Å². The number of carbonyl (C=O) groups is 1. The van der Waals surface area contributed by atoms with Crippen LogP contribution in [0.15, 0.2) is 66.1 Å². The van der Waals surface area contributed by atoms with Crippen molar-refractivity contribution in [1.29, 1.82) is 0 Å². The number of ketones is 1. The van der Waals surface area contributed by atoms with Crippen LogP contribution in [0, 0.1) is 5.92 Å². The van der Waals surface area contributed by atoms with Gasteiger partial charge in [0.25, 0.3) is 0 Å². The van der Waals surface area contributed by atoms with Gasteiger partial charge in [0.15, 0.2) is 17.3 Å². The number of phenols is 2. The summed E-state index contributed by atoms with van der Waals surface area (Å²) < 4.78 is 5.76. The molecule has 1 aliphatic carbocycles. The molecule has 0 radical (unpaired) electrons. The molecule has 24 heavy (non-hydrogen) atoms. The molecule has 5 nitrogen and oxygen atoms in total. The fourth-order valence-corrected chi connectivity index (χ4v) is 3.26. The van der Waals surface area contributed by atoms with Crippen molar-refractivity contribution < 1.29 is 24.9 Å². The largest absolute Gasteiger partial charge is 0.504 e. The Bertz CT molecular complexity index is 895. The summed E-state index contributed by atoms with van der Waals surface area (Å²) in [5, 5.41) is 29.5. The lowest BCUT2D eigenvalue weighted by molar-refractivity contribution is -0.114. The number of carbonyl (C=O) groups excluding carboxylic acids is 1. The van der Waals surface area contributed by atoms with Crippen molar-refractivity contribution in [2.45, 2.75) is 5.92 Å². The van der Waals surface area contributed by atoms with Crippen LogP contribution in [-0.2, 0) is 4.79 Å². The van der Waals surface area contributed by atoms with Crippen LogP contribution < -0.4 is 4.74 Å². The number of hydrogen-bond donors (Lipinski definition) is 3. The predicted octanol–water partition coefficient (Wildman–Crippen LogP) is 3.15. The van der Waals surface area contributed by atoms with Gasteiger partial charge >= 0.3 is 0 Å². The number of aliphatic hydroxyl groups excluding tert-OH is 1. The first-order valence-corrected chi connectivity index (χ1v) is 7.50. The molecule has 2 aromatic carbocycles. The van der Waals surface area contributed by atoms with Gasteiger partial charge in [0.1, 0.15) is 11.5 Å². The zero-order valence-electron chi connectivity index (χ0n) is 12.5. The number of phenolic OH excluding ortho intramolecular Hbond substituents is 2. The Morgan fingerprint density at radius 3 is 2.42 bits per heavy atom. The maximum absolute atomic E-state index is 11.8. The van der Waals surface area contributed by atoms with Crippen LogP contribution in [0.25, 0.3) is 0 Å². The third-order valence-electron chi connectivity index (χ3n) is 4.38. The second-order valence-corrected chi connectivity index (χ2v) is 5.86. The quantitative estimate of drug-likeness (QED) is 0.702. The highest BCUT2D eigenvalue weighted by molar-refractivity contribution is 6.03. The Balaban J connectivity index is 1.96. The number of benzene rings is 2. The fourth-order valence-electron chi connectivity index (χ4n) is 3.26. The van der Waals surface area contributed by atoms with Gasteiger partial charge < -0.3 is 20.1 Å². The summed E-state index contributed by atoms with van der Waals surface area (Å²) >= 11 is 0. The van der Waals surface area contributed by atoms with E-state index in [1.165, 1.54) is 24.3 Å². The van der Waals surface area contributed by atoms with E-state index in [1.807, 2.05) is 30.3 Å². The first kappa shape index (κ1) is 14.4. The van der Waals surface area contributed by atoms with Gasteiger partial charge in [0.2, 0.25) is 5.78 Å². The zero-order valence-corrected chi connectivity index (χ0v) is 12.5. The Kier molecular flexibility index (Phi) is 3.09. The van der Waals surface area contributed by atoms with E-state index in [-0.39, 0.29) is 29.1 Å².